The zero-order valence-corrected chi connectivity index (χ0v) is 81.2. The molecular formula is C125H114N8O3. The molecule has 11 heteroatoms. The number of benzene rings is 15. The maximum Gasteiger partial charge on any atom is 0.230 e. The molecule has 11 nitrogen and oxygen atoms in total. The van der Waals surface area contributed by atoms with E-state index in [1.165, 1.54) is 176 Å². The lowest BCUT2D eigenvalue weighted by Gasteiger charge is -2.23. The van der Waals surface area contributed by atoms with Gasteiger partial charge in [-0.25, -0.2) is 15.0 Å². The largest absolute Gasteiger partial charge is 0.438 e. The highest BCUT2D eigenvalue weighted by Crippen LogP contribution is 2.51. The highest BCUT2D eigenvalue weighted by Gasteiger charge is 2.37. The molecule has 0 saturated carbocycles. The van der Waals surface area contributed by atoms with Crippen molar-refractivity contribution in [3.8, 4) is 22.3 Å². The average Bonchev–Trinajstić information content (AvgIpc) is 1.75. The highest BCUT2D eigenvalue weighted by atomic mass is 16.3. The second kappa shape index (κ2) is 36.7. The maximum absolute atomic E-state index is 5.70. The fourth-order valence-electron chi connectivity index (χ4n) is 20.5. The minimum absolute atomic E-state index is 0.150. The first-order valence-electron chi connectivity index (χ1n) is 46.9. The zero-order chi connectivity index (χ0) is 94.7. The monoisotopic (exact) mass is 1770 g/mol. The van der Waals surface area contributed by atoms with Gasteiger partial charge >= 0.3 is 0 Å². The summed E-state index contributed by atoms with van der Waals surface area (Å²) in [7, 11) is 8.51. The fourth-order valence-corrected chi connectivity index (χ4v) is 20.5. The minimum Gasteiger partial charge on any atom is -0.438 e. The second-order valence-electron chi connectivity index (χ2n) is 37.8. The van der Waals surface area contributed by atoms with Crippen LogP contribution < -0.4 is 0 Å². The van der Waals surface area contributed by atoms with Gasteiger partial charge in [-0.2, -0.15) is 4.98 Å². The Morgan fingerprint density at radius 2 is 0.566 bits per heavy atom. The van der Waals surface area contributed by atoms with Gasteiger partial charge in [-0.3, -0.25) is 0 Å². The van der Waals surface area contributed by atoms with Gasteiger partial charge in [-0.05, 0) is 245 Å². The molecule has 136 heavy (non-hydrogen) atoms. The third kappa shape index (κ3) is 16.9. The van der Waals surface area contributed by atoms with E-state index in [0.717, 1.165) is 77.7 Å². The predicted molar refractivity (Wildman–Crippen MR) is 574 cm³/mol. The molecule has 2 aliphatic carbocycles. The van der Waals surface area contributed by atoms with Gasteiger partial charge in [0.2, 0.25) is 17.1 Å². The lowest BCUT2D eigenvalue weighted by molar-refractivity contribution is 0.650. The Morgan fingerprint density at radius 3 is 1.09 bits per heavy atom. The van der Waals surface area contributed by atoms with Crippen LogP contribution in [0.25, 0.3) is 176 Å². The van der Waals surface area contributed by atoms with E-state index in [9.17, 15) is 0 Å². The summed E-state index contributed by atoms with van der Waals surface area (Å²) in [6, 6.07) is 120. The topological polar surface area (TPSA) is 111 Å². The standard InChI is InChI=1S/2C16H16.3C14H13N.2C13H11NO.C13H11N.C12H10N2O/c1-11-7-6-9-13-12-8-4-5-10-14(12)16(2,3)15(11)13;1-11-8-9-13-12-6-4-5-7-14(12)16(2,3)15(13)10-11;1-10-6-5-8-12-11-7-3-4-9-13(11)15(2)14(10)12;1-10-7-8-14-12(9-10)11-5-3-4-6-13(11)15(14)2;1-10-7-8-12-11-5-3-4-6-13(11)15(2)14(12)9-10;2*1-8-3-5-10-11-6-4-9(2)14-13(11)15-12(10)7-8;1-14-12-8-4-2-6-10(12)11-7-3-5-9-13(11)14;1-7-3-4-9-10-6-13-8(2)14-12(10)15-11(9)5-7/h2*4-10H,1-3H3;3*3-9H,1-2H3;2*3-7H,1-2H3;2-9H,1H3;3-6H,1-2H3. The van der Waals surface area contributed by atoms with Gasteiger partial charge in [0.25, 0.3) is 0 Å². The molecular weight excluding hydrogens is 1660 g/mol. The number of pyridine rings is 2. The lowest BCUT2D eigenvalue weighted by Crippen LogP contribution is -2.16. The Balaban J connectivity index is 0.0000000981. The van der Waals surface area contributed by atoms with E-state index in [4.69, 9.17) is 13.3 Å². The van der Waals surface area contributed by atoms with Crippen molar-refractivity contribution >= 4 is 153 Å². The Kier molecular flexibility index (Phi) is 24.1. The summed E-state index contributed by atoms with van der Waals surface area (Å²) >= 11 is 0. The maximum atomic E-state index is 5.70. The number of hydrogen-bond donors (Lipinski definition) is 0. The van der Waals surface area contributed by atoms with Crippen LogP contribution in [0.2, 0.25) is 0 Å². The molecule has 0 atom stereocenters. The molecule has 15 aromatic carbocycles. The third-order valence-corrected chi connectivity index (χ3v) is 27.4. The first-order valence-corrected chi connectivity index (χ1v) is 46.9. The average molecular weight is 1780 g/mol. The van der Waals surface area contributed by atoms with E-state index in [1.54, 1.807) is 0 Å². The molecule has 672 valence electrons. The molecule has 0 radical (unpaired) electrons. The molecule has 27 rings (SSSR count). The van der Waals surface area contributed by atoms with Gasteiger partial charge in [0.1, 0.15) is 22.6 Å². The van der Waals surface area contributed by atoms with Gasteiger partial charge in [0.05, 0.1) is 10.9 Å². The molecule has 0 aliphatic heterocycles. The van der Waals surface area contributed by atoms with Crippen LogP contribution in [-0.4, -0.2) is 38.2 Å². The van der Waals surface area contributed by atoms with Crippen LogP contribution in [0, 0.1) is 76.2 Å². The first-order chi connectivity index (χ1) is 65.6. The van der Waals surface area contributed by atoms with Crippen molar-refractivity contribution < 1.29 is 13.3 Å². The molecule has 10 aromatic heterocycles. The van der Waals surface area contributed by atoms with E-state index >= 15 is 0 Å². The number of aryl methyl sites for hydroxylation is 15. The molecule has 0 amide bonds. The van der Waals surface area contributed by atoms with Gasteiger partial charge in [-0.1, -0.05) is 288 Å². The molecule has 0 bridgehead atoms. The minimum atomic E-state index is 0.150. The Labute approximate surface area is 794 Å². The van der Waals surface area contributed by atoms with Crippen molar-refractivity contribution in [2.24, 2.45) is 28.2 Å². The number of rotatable bonds is 0. The van der Waals surface area contributed by atoms with Crippen LogP contribution in [0.3, 0.4) is 0 Å². The smallest absolute Gasteiger partial charge is 0.230 e. The van der Waals surface area contributed by atoms with Crippen molar-refractivity contribution in [1.29, 1.82) is 0 Å². The molecule has 0 fully saturated rings. The summed E-state index contributed by atoms with van der Waals surface area (Å²) in [4.78, 5) is 17.2. The van der Waals surface area contributed by atoms with Gasteiger partial charge in [0, 0.05) is 165 Å². The summed E-state index contributed by atoms with van der Waals surface area (Å²) in [5, 5.41) is 17.3. The number of hydrogen-bond acceptors (Lipinski definition) is 7. The number of aromatic nitrogens is 8. The van der Waals surface area contributed by atoms with E-state index in [0.29, 0.717) is 5.71 Å². The van der Waals surface area contributed by atoms with Crippen molar-refractivity contribution in [3.05, 3.63) is 430 Å². The zero-order valence-electron chi connectivity index (χ0n) is 81.2. The number of para-hydroxylation sites is 6. The summed E-state index contributed by atoms with van der Waals surface area (Å²) in [6.07, 6.45) is 1.82. The van der Waals surface area contributed by atoms with Crippen molar-refractivity contribution in [2.45, 2.75) is 115 Å². The fraction of sp³-hybridized carbons (Fsp3) is 0.168. The van der Waals surface area contributed by atoms with E-state index in [2.05, 4.69) is 452 Å². The number of fused-ring (bicyclic) bond motifs is 27. The third-order valence-electron chi connectivity index (χ3n) is 27.4. The Hall–Kier alpha value is -15.7. The van der Waals surface area contributed by atoms with Crippen LogP contribution >= 0.6 is 0 Å². The van der Waals surface area contributed by atoms with E-state index < -0.39 is 0 Å². The predicted octanol–water partition coefficient (Wildman–Crippen LogP) is 33.0. The normalized spacial score (nSPS) is 12.3. The quantitative estimate of drug-likeness (QED) is 0.149. The van der Waals surface area contributed by atoms with Crippen molar-refractivity contribution in [1.82, 2.24) is 38.2 Å². The SMILES string of the molecule is Cc1ccc2c(c1)C(C)(C)c1ccccc1-2.Cc1ccc2c(c1)c1ccccc1n2C.Cc1ccc2c(c1)oc1nc(C)ccc12.Cc1ccc2c(c1)oc1nc(C)ccc12.Cc1ccc2c(c1)oc1nc(C)ncc12.Cc1ccc2c3ccccc3n(C)c2c1.Cc1cccc2c1C(C)(C)c1ccccc1-2.Cc1cccc2c3ccccc3n(C)c12.Cn1c2ccccc2c2ccccc21. The molecule has 0 spiro atoms. The van der Waals surface area contributed by atoms with Crippen LogP contribution in [0.5, 0.6) is 0 Å². The van der Waals surface area contributed by atoms with Crippen LogP contribution in [0.4, 0.5) is 0 Å². The highest BCUT2D eigenvalue weighted by molar-refractivity contribution is 6.12. The molecule has 0 unspecified atom stereocenters. The number of nitrogens with zero attached hydrogens (tertiary/aromatic N) is 8. The van der Waals surface area contributed by atoms with Gasteiger partial charge < -0.3 is 31.5 Å². The van der Waals surface area contributed by atoms with Crippen LogP contribution in [0.1, 0.15) is 112 Å². The van der Waals surface area contributed by atoms with Gasteiger partial charge in [0.15, 0.2) is 0 Å². The first kappa shape index (κ1) is 89.5. The molecule has 25 aromatic rings. The second-order valence-corrected chi connectivity index (χ2v) is 37.8. The Bertz CT molecular complexity index is 8380. The van der Waals surface area contributed by atoms with E-state index in [-0.39, 0.29) is 10.8 Å². The van der Waals surface area contributed by atoms with Crippen molar-refractivity contribution in [3.63, 3.8) is 0 Å². The molecule has 0 saturated heterocycles. The Morgan fingerprint density at radius 1 is 0.228 bits per heavy atom. The van der Waals surface area contributed by atoms with Crippen molar-refractivity contribution in [2.75, 3.05) is 0 Å². The molecule has 10 heterocycles. The lowest BCUT2D eigenvalue weighted by atomic mass is 9.80. The molecule has 2 aliphatic rings. The van der Waals surface area contributed by atoms with Crippen LogP contribution in [0.15, 0.2) is 359 Å². The van der Waals surface area contributed by atoms with Gasteiger partial charge in [-0.15, -0.1) is 0 Å². The molecule has 0 N–H and O–H groups in total. The summed E-state index contributed by atoms with van der Waals surface area (Å²) in [5.41, 5.74) is 39.4. The summed E-state index contributed by atoms with van der Waals surface area (Å²) < 4.78 is 26.1. The number of furan rings is 3. The van der Waals surface area contributed by atoms with E-state index in [1.807, 2.05) is 64.2 Å². The summed E-state index contributed by atoms with van der Waals surface area (Å²) in [5.74, 6) is 0.735. The summed E-state index contributed by atoms with van der Waals surface area (Å²) in [6.45, 7) is 32.1. The van der Waals surface area contributed by atoms with Crippen LogP contribution in [-0.2, 0) is 39.0 Å².